The lowest BCUT2D eigenvalue weighted by Crippen LogP contribution is -2.13. The highest BCUT2D eigenvalue weighted by molar-refractivity contribution is 7.17. The lowest BCUT2D eigenvalue weighted by Gasteiger charge is -2.11. The molecule has 0 radical (unpaired) electrons. The van der Waals surface area contributed by atoms with Gasteiger partial charge in [-0.1, -0.05) is 11.6 Å². The van der Waals surface area contributed by atoms with Crippen LogP contribution in [0.5, 0.6) is 5.75 Å². The van der Waals surface area contributed by atoms with Crippen molar-refractivity contribution in [3.8, 4) is 5.75 Å². The van der Waals surface area contributed by atoms with Crippen LogP contribution in [-0.2, 0) is 24.0 Å². The van der Waals surface area contributed by atoms with Crippen LogP contribution in [0.1, 0.15) is 22.6 Å². The molecule has 0 bridgehead atoms. The Kier molecular flexibility index (Phi) is 5.25. The predicted octanol–water partition coefficient (Wildman–Crippen LogP) is 4.88. The van der Waals surface area contributed by atoms with Gasteiger partial charge in [-0.2, -0.15) is 13.2 Å². The Labute approximate surface area is 160 Å². The summed E-state index contributed by atoms with van der Waals surface area (Å²) in [6.07, 6.45) is -3.65. The van der Waals surface area contributed by atoms with Gasteiger partial charge in [-0.25, -0.2) is 9.97 Å². The Bertz CT molecular complexity index is 1020. The number of nitrogens with zero attached hydrogens (tertiary/aromatic N) is 2. The monoisotopic (exact) mass is 416 g/mol. The first-order valence-corrected chi connectivity index (χ1v) is 8.85. The van der Waals surface area contributed by atoms with Crippen molar-refractivity contribution in [1.29, 1.82) is 0 Å². The molecule has 5 nitrogen and oxygen atoms in total. The van der Waals surface area contributed by atoms with E-state index in [4.69, 9.17) is 21.4 Å². The lowest BCUT2D eigenvalue weighted by molar-refractivity contribution is -0.145. The maximum Gasteiger partial charge on any atom is 0.451 e. The van der Waals surface area contributed by atoms with Gasteiger partial charge in [-0.05, 0) is 30.0 Å². The fourth-order valence-electron chi connectivity index (χ4n) is 2.46. The Morgan fingerprint density at radius 3 is 2.70 bits per heavy atom. The molecule has 2 heterocycles. The van der Waals surface area contributed by atoms with E-state index in [9.17, 15) is 18.0 Å². The minimum Gasteiger partial charge on any atom is -0.489 e. The number of hydrogen-bond donors (Lipinski definition) is 1. The molecule has 0 unspecified atom stereocenters. The van der Waals surface area contributed by atoms with Crippen LogP contribution in [0.2, 0.25) is 5.02 Å². The lowest BCUT2D eigenvalue weighted by atomic mass is 10.1. The average Bonchev–Trinajstić information content (AvgIpc) is 2.95. The fraction of sp³-hybridized carbons (Fsp3) is 0.235. The Morgan fingerprint density at radius 2 is 2.07 bits per heavy atom. The molecule has 142 valence electrons. The fourth-order valence-corrected chi connectivity index (χ4v) is 3.86. The topological polar surface area (TPSA) is 72.3 Å². The van der Waals surface area contributed by atoms with E-state index in [0.717, 1.165) is 10.9 Å². The quantitative estimate of drug-likeness (QED) is 0.642. The van der Waals surface area contributed by atoms with E-state index < -0.39 is 18.0 Å². The number of ether oxygens (including phenoxy) is 1. The zero-order chi connectivity index (χ0) is 19.8. The van der Waals surface area contributed by atoms with Crippen molar-refractivity contribution in [2.24, 2.45) is 0 Å². The first-order valence-electron chi connectivity index (χ1n) is 7.59. The van der Waals surface area contributed by atoms with Gasteiger partial charge in [0, 0.05) is 27.5 Å². The number of carbonyl (C=O) groups is 1. The summed E-state index contributed by atoms with van der Waals surface area (Å²) in [7, 11) is 0. The van der Waals surface area contributed by atoms with Crippen LogP contribution in [0.25, 0.3) is 10.1 Å². The molecule has 0 atom stereocenters. The van der Waals surface area contributed by atoms with Crippen LogP contribution in [-0.4, -0.2) is 21.0 Å². The van der Waals surface area contributed by atoms with Crippen molar-refractivity contribution in [1.82, 2.24) is 9.97 Å². The molecule has 3 rings (SSSR count). The number of halogens is 4. The van der Waals surface area contributed by atoms with Gasteiger partial charge in [-0.15, -0.1) is 11.3 Å². The molecule has 0 saturated heterocycles. The number of aromatic nitrogens is 2. The molecule has 3 aromatic rings. The van der Waals surface area contributed by atoms with Crippen molar-refractivity contribution >= 4 is 39.0 Å². The van der Waals surface area contributed by atoms with Crippen LogP contribution < -0.4 is 4.74 Å². The number of fused-ring (bicyclic) bond motifs is 1. The van der Waals surface area contributed by atoms with Crippen LogP contribution in [0.15, 0.2) is 23.7 Å². The van der Waals surface area contributed by atoms with E-state index in [1.807, 2.05) is 0 Å². The minimum atomic E-state index is -4.60. The third-order valence-electron chi connectivity index (χ3n) is 3.75. The molecular weight excluding hydrogens is 405 g/mol. The largest absolute Gasteiger partial charge is 0.489 e. The molecular formula is C17H12ClF3N2O3S. The van der Waals surface area contributed by atoms with Crippen molar-refractivity contribution in [2.75, 3.05) is 0 Å². The van der Waals surface area contributed by atoms with Gasteiger partial charge in [0.25, 0.3) is 0 Å². The summed E-state index contributed by atoms with van der Waals surface area (Å²) < 4.78 is 44.2. The van der Waals surface area contributed by atoms with E-state index in [1.54, 1.807) is 17.5 Å². The summed E-state index contributed by atoms with van der Waals surface area (Å²) in [5, 5.41) is 11.7. The van der Waals surface area contributed by atoms with Gasteiger partial charge in [0.05, 0.1) is 11.4 Å². The first kappa shape index (κ1) is 19.4. The molecule has 0 fully saturated rings. The molecule has 27 heavy (non-hydrogen) atoms. The zero-order valence-corrected chi connectivity index (χ0v) is 15.4. The van der Waals surface area contributed by atoms with Gasteiger partial charge in [-0.3, -0.25) is 4.79 Å². The molecule has 2 aromatic heterocycles. The maximum atomic E-state index is 12.6. The number of rotatable bonds is 5. The Balaban J connectivity index is 1.81. The molecule has 1 N–H and O–H groups in total. The normalized spacial score (nSPS) is 11.7. The van der Waals surface area contributed by atoms with Gasteiger partial charge in [0.15, 0.2) is 0 Å². The second-order valence-electron chi connectivity index (χ2n) is 5.70. The van der Waals surface area contributed by atoms with Gasteiger partial charge >= 0.3 is 12.1 Å². The minimum absolute atomic E-state index is 0.0286. The Hall–Kier alpha value is -2.39. The number of carboxylic acid groups (broad SMARTS) is 1. The van der Waals surface area contributed by atoms with Gasteiger partial charge < -0.3 is 9.84 Å². The van der Waals surface area contributed by atoms with E-state index in [0.29, 0.717) is 27.3 Å². The van der Waals surface area contributed by atoms with Crippen LogP contribution in [0.4, 0.5) is 13.2 Å². The second-order valence-corrected chi connectivity index (χ2v) is 7.02. The molecule has 10 heteroatoms. The van der Waals surface area contributed by atoms with Crippen LogP contribution >= 0.6 is 22.9 Å². The summed E-state index contributed by atoms with van der Waals surface area (Å²) in [5.74, 6) is -1.74. The highest BCUT2D eigenvalue weighted by atomic mass is 35.5. The number of carboxylic acids is 1. The molecule has 0 aliphatic heterocycles. The van der Waals surface area contributed by atoms with Crippen molar-refractivity contribution < 1.29 is 27.8 Å². The number of thiophene rings is 1. The molecule has 0 aliphatic rings. The van der Waals surface area contributed by atoms with Gasteiger partial charge in [0.2, 0.25) is 5.82 Å². The maximum absolute atomic E-state index is 12.6. The summed E-state index contributed by atoms with van der Waals surface area (Å²) in [5.41, 5.74) is 1.20. The summed E-state index contributed by atoms with van der Waals surface area (Å²) >= 11 is 7.60. The summed E-state index contributed by atoms with van der Waals surface area (Å²) in [4.78, 5) is 17.7. The average molecular weight is 417 g/mol. The summed E-state index contributed by atoms with van der Waals surface area (Å²) in [6.45, 7) is 1.42. The third kappa shape index (κ3) is 4.30. The standard InChI is InChI=1S/C17H12ClF3N2O3S/c1-8-10(5-22-16(23-8)17(19,20)21)6-26-11-3-12(18)15-9(2-14(24)25)7-27-13(15)4-11/h3-5,7H,2,6H2,1H3,(H,24,25). The van der Waals surface area contributed by atoms with E-state index in [-0.39, 0.29) is 18.7 Å². The van der Waals surface area contributed by atoms with Gasteiger partial charge in [0.1, 0.15) is 12.4 Å². The van der Waals surface area contributed by atoms with E-state index in [2.05, 4.69) is 9.97 Å². The SMILES string of the molecule is Cc1nc(C(F)(F)F)ncc1COc1cc(Cl)c2c(CC(=O)O)csc2c1. The molecule has 1 aromatic carbocycles. The third-order valence-corrected chi connectivity index (χ3v) is 5.02. The van der Waals surface area contributed by atoms with E-state index >= 15 is 0 Å². The molecule has 0 aliphatic carbocycles. The summed E-state index contributed by atoms with van der Waals surface area (Å²) in [6, 6.07) is 3.25. The first-order chi connectivity index (χ1) is 12.6. The smallest absolute Gasteiger partial charge is 0.451 e. The van der Waals surface area contributed by atoms with Crippen molar-refractivity contribution in [2.45, 2.75) is 26.1 Å². The predicted molar refractivity (Wildman–Crippen MR) is 94.3 cm³/mol. The van der Waals surface area contributed by atoms with E-state index in [1.165, 1.54) is 18.3 Å². The number of hydrogen-bond acceptors (Lipinski definition) is 5. The van der Waals surface area contributed by atoms with Crippen LogP contribution in [0.3, 0.4) is 0 Å². The number of aryl methyl sites for hydroxylation is 1. The van der Waals surface area contributed by atoms with Crippen molar-refractivity contribution in [3.05, 3.63) is 51.4 Å². The highest BCUT2D eigenvalue weighted by Gasteiger charge is 2.34. The Morgan fingerprint density at radius 1 is 1.33 bits per heavy atom. The number of benzene rings is 1. The number of alkyl halides is 3. The molecule has 0 spiro atoms. The van der Waals surface area contributed by atoms with Crippen LogP contribution in [0, 0.1) is 6.92 Å². The second kappa shape index (κ2) is 7.32. The van der Waals surface area contributed by atoms with Crippen molar-refractivity contribution in [3.63, 3.8) is 0 Å². The molecule has 0 saturated carbocycles. The highest BCUT2D eigenvalue weighted by Crippen LogP contribution is 2.36. The number of aliphatic carboxylic acids is 1. The molecule has 0 amide bonds. The zero-order valence-electron chi connectivity index (χ0n) is 13.8.